The van der Waals surface area contributed by atoms with Crippen molar-refractivity contribution in [2.75, 3.05) is 0 Å². The first-order valence-electron chi connectivity index (χ1n) is 5.77. The van der Waals surface area contributed by atoms with Crippen LogP contribution in [0.1, 0.15) is 35.2 Å². The highest BCUT2D eigenvalue weighted by Crippen LogP contribution is 2.43. The van der Waals surface area contributed by atoms with Crippen LogP contribution in [-0.4, -0.2) is 15.0 Å². The number of nitrogens with two attached hydrogens (primary N) is 1. The van der Waals surface area contributed by atoms with Gasteiger partial charge in [-0.3, -0.25) is 0 Å². The smallest absolute Gasteiger partial charge is 0.142 e. The Balaban J connectivity index is 2.03. The second-order valence-corrected chi connectivity index (χ2v) is 5.38. The Labute approximate surface area is 104 Å². The van der Waals surface area contributed by atoms with Crippen LogP contribution >= 0.6 is 11.3 Å². The molecule has 0 aromatic carbocycles. The first-order chi connectivity index (χ1) is 8.28. The van der Waals surface area contributed by atoms with Crippen molar-refractivity contribution in [2.45, 2.75) is 32.2 Å². The largest absolute Gasteiger partial charge is 0.326 e. The molecule has 1 saturated carbocycles. The van der Waals surface area contributed by atoms with Crippen molar-refractivity contribution in [3.05, 3.63) is 28.7 Å². The van der Waals surface area contributed by atoms with Gasteiger partial charge in [-0.1, -0.05) is 0 Å². The molecule has 0 spiro atoms. The maximum absolute atomic E-state index is 5.78. The summed E-state index contributed by atoms with van der Waals surface area (Å²) in [5, 5.41) is 0.970. The summed E-state index contributed by atoms with van der Waals surface area (Å²) in [5.41, 5.74) is 7.88. The minimum atomic E-state index is 0.577. The highest BCUT2D eigenvalue weighted by Gasteiger charge is 2.29. The molecule has 2 aromatic rings. The molecule has 0 atom stereocenters. The zero-order chi connectivity index (χ0) is 11.8. The maximum atomic E-state index is 5.78. The summed E-state index contributed by atoms with van der Waals surface area (Å²) in [6.07, 6.45) is 4.27. The lowest BCUT2D eigenvalue weighted by Gasteiger charge is -1.95. The number of thiazole rings is 1. The molecule has 1 aliphatic carbocycles. The van der Waals surface area contributed by atoms with Crippen molar-refractivity contribution in [1.82, 2.24) is 15.0 Å². The van der Waals surface area contributed by atoms with Gasteiger partial charge in [0.25, 0.3) is 0 Å². The fourth-order valence-corrected chi connectivity index (χ4v) is 2.87. The number of nitrogens with zero attached hydrogens (tertiary/aromatic N) is 3. The minimum Gasteiger partial charge on any atom is -0.326 e. The van der Waals surface area contributed by atoms with Crippen LogP contribution in [0.2, 0.25) is 0 Å². The van der Waals surface area contributed by atoms with Gasteiger partial charge in [0.15, 0.2) is 0 Å². The van der Waals surface area contributed by atoms with Gasteiger partial charge in [-0.05, 0) is 25.8 Å². The topological polar surface area (TPSA) is 64.7 Å². The molecule has 0 amide bonds. The van der Waals surface area contributed by atoms with Crippen molar-refractivity contribution in [2.24, 2.45) is 5.73 Å². The fraction of sp³-hybridized carbons (Fsp3) is 0.417. The highest BCUT2D eigenvalue weighted by molar-refractivity contribution is 7.15. The molecule has 2 aromatic heterocycles. The van der Waals surface area contributed by atoms with E-state index in [-0.39, 0.29) is 0 Å². The van der Waals surface area contributed by atoms with Crippen LogP contribution in [0.3, 0.4) is 0 Å². The van der Waals surface area contributed by atoms with Gasteiger partial charge in [0.05, 0.1) is 5.69 Å². The van der Waals surface area contributed by atoms with E-state index in [1.54, 1.807) is 17.5 Å². The van der Waals surface area contributed by atoms with Gasteiger partial charge < -0.3 is 5.73 Å². The third-order valence-corrected chi connectivity index (χ3v) is 3.99. The van der Waals surface area contributed by atoms with E-state index in [0.717, 1.165) is 16.5 Å². The van der Waals surface area contributed by atoms with Crippen LogP contribution in [0.15, 0.2) is 12.3 Å². The summed E-state index contributed by atoms with van der Waals surface area (Å²) in [7, 11) is 0. The Morgan fingerprint density at radius 3 is 2.88 bits per heavy atom. The molecular weight excluding hydrogens is 232 g/mol. The first-order valence-corrected chi connectivity index (χ1v) is 6.59. The first kappa shape index (κ1) is 10.8. The van der Waals surface area contributed by atoms with E-state index in [1.165, 1.54) is 23.4 Å². The Bertz CT molecular complexity index is 545. The van der Waals surface area contributed by atoms with Crippen molar-refractivity contribution in [1.29, 1.82) is 0 Å². The van der Waals surface area contributed by atoms with Gasteiger partial charge in [0.2, 0.25) is 0 Å². The van der Waals surface area contributed by atoms with Crippen LogP contribution in [0.5, 0.6) is 0 Å². The summed E-state index contributed by atoms with van der Waals surface area (Å²) >= 11 is 1.66. The van der Waals surface area contributed by atoms with Gasteiger partial charge in [-0.15, -0.1) is 11.3 Å². The Morgan fingerprint density at radius 2 is 2.24 bits per heavy atom. The third kappa shape index (κ3) is 2.08. The van der Waals surface area contributed by atoms with Crippen LogP contribution < -0.4 is 5.73 Å². The lowest BCUT2D eigenvalue weighted by molar-refractivity contribution is 0.976. The van der Waals surface area contributed by atoms with E-state index < -0.39 is 0 Å². The van der Waals surface area contributed by atoms with E-state index in [9.17, 15) is 0 Å². The van der Waals surface area contributed by atoms with Gasteiger partial charge in [0.1, 0.15) is 16.5 Å². The van der Waals surface area contributed by atoms with Gasteiger partial charge in [-0.2, -0.15) is 0 Å². The monoisotopic (exact) mass is 246 g/mol. The SMILES string of the molecule is Cc1nccc(-c2nc(C3CC3)c(CN)s2)n1. The van der Waals surface area contributed by atoms with Crippen molar-refractivity contribution in [3.63, 3.8) is 0 Å². The van der Waals surface area contributed by atoms with E-state index in [4.69, 9.17) is 10.7 Å². The molecule has 1 fully saturated rings. The van der Waals surface area contributed by atoms with E-state index >= 15 is 0 Å². The summed E-state index contributed by atoms with van der Waals surface area (Å²) in [4.78, 5) is 14.4. The molecular formula is C12H14N4S. The van der Waals surface area contributed by atoms with Crippen LogP contribution in [0, 0.1) is 6.92 Å². The Kier molecular flexibility index (Phi) is 2.64. The predicted octanol–water partition coefficient (Wildman–Crippen LogP) is 2.24. The molecule has 0 bridgehead atoms. The second-order valence-electron chi connectivity index (χ2n) is 4.29. The molecule has 2 N–H and O–H groups in total. The number of aromatic nitrogens is 3. The van der Waals surface area contributed by atoms with Crippen molar-refractivity contribution in [3.8, 4) is 10.7 Å². The molecule has 5 heteroatoms. The zero-order valence-corrected chi connectivity index (χ0v) is 10.5. The molecule has 0 aliphatic heterocycles. The van der Waals surface area contributed by atoms with Gasteiger partial charge in [0, 0.05) is 23.5 Å². The van der Waals surface area contributed by atoms with Crippen LogP contribution in [-0.2, 0) is 6.54 Å². The van der Waals surface area contributed by atoms with Crippen molar-refractivity contribution >= 4 is 11.3 Å². The number of hydrogen-bond donors (Lipinski definition) is 1. The van der Waals surface area contributed by atoms with Gasteiger partial charge >= 0.3 is 0 Å². The average molecular weight is 246 g/mol. The van der Waals surface area contributed by atoms with E-state index in [0.29, 0.717) is 12.5 Å². The lowest BCUT2D eigenvalue weighted by Crippen LogP contribution is -1.96. The van der Waals surface area contributed by atoms with Crippen molar-refractivity contribution < 1.29 is 0 Å². The molecule has 4 nitrogen and oxygen atoms in total. The minimum absolute atomic E-state index is 0.577. The van der Waals surface area contributed by atoms with Crippen LogP contribution in [0.25, 0.3) is 10.7 Å². The molecule has 2 heterocycles. The number of hydrogen-bond acceptors (Lipinski definition) is 5. The molecule has 88 valence electrons. The molecule has 3 rings (SSSR count). The lowest BCUT2D eigenvalue weighted by atomic mass is 10.2. The average Bonchev–Trinajstić information content (AvgIpc) is 3.08. The van der Waals surface area contributed by atoms with Crippen LogP contribution in [0.4, 0.5) is 0 Å². The Morgan fingerprint density at radius 1 is 1.41 bits per heavy atom. The summed E-state index contributed by atoms with van der Waals surface area (Å²) < 4.78 is 0. The third-order valence-electron chi connectivity index (χ3n) is 2.87. The molecule has 0 unspecified atom stereocenters. The summed E-state index contributed by atoms with van der Waals surface area (Å²) in [6, 6.07) is 1.91. The maximum Gasteiger partial charge on any atom is 0.142 e. The number of rotatable bonds is 3. The Hall–Kier alpha value is -1.33. The highest BCUT2D eigenvalue weighted by atomic mass is 32.1. The second kappa shape index (κ2) is 4.16. The fourth-order valence-electron chi connectivity index (χ4n) is 1.87. The normalized spacial score (nSPS) is 15.2. The summed E-state index contributed by atoms with van der Waals surface area (Å²) in [6.45, 7) is 2.47. The quantitative estimate of drug-likeness (QED) is 0.902. The standard InChI is InChI=1S/C12H14N4S/c1-7-14-5-4-9(15-7)12-16-11(8-2-3-8)10(6-13)17-12/h4-5,8H,2-3,6,13H2,1H3. The molecule has 17 heavy (non-hydrogen) atoms. The summed E-state index contributed by atoms with van der Waals surface area (Å²) in [5.74, 6) is 1.42. The predicted molar refractivity (Wildman–Crippen MR) is 67.7 cm³/mol. The van der Waals surface area contributed by atoms with Gasteiger partial charge in [-0.25, -0.2) is 15.0 Å². The molecule has 0 radical (unpaired) electrons. The number of aryl methyl sites for hydroxylation is 1. The molecule has 0 saturated heterocycles. The molecule has 1 aliphatic rings. The zero-order valence-electron chi connectivity index (χ0n) is 9.68. The van der Waals surface area contributed by atoms with E-state index in [2.05, 4.69) is 9.97 Å². The van der Waals surface area contributed by atoms with E-state index in [1.807, 2.05) is 13.0 Å².